The van der Waals surface area contributed by atoms with Crippen molar-refractivity contribution in [3.8, 4) is 66.8 Å². The minimum atomic E-state index is 1.25. The van der Waals surface area contributed by atoms with Crippen LogP contribution in [0.5, 0.6) is 0 Å². The van der Waals surface area contributed by atoms with E-state index in [0.717, 1.165) is 0 Å². The summed E-state index contributed by atoms with van der Waals surface area (Å²) in [5, 5.41) is 18.4. The maximum Gasteiger partial charge on any atom is 0.0434 e. The van der Waals surface area contributed by atoms with Crippen molar-refractivity contribution in [2.24, 2.45) is 0 Å². The molecule has 14 aromatic rings. The molecule has 0 atom stereocenters. The van der Waals surface area contributed by atoms with Gasteiger partial charge in [-0.3, -0.25) is 0 Å². The van der Waals surface area contributed by atoms with Crippen molar-refractivity contribution in [2.45, 2.75) is 41.5 Å². The van der Waals surface area contributed by atoms with Crippen LogP contribution in [0.4, 0.5) is 0 Å². The second kappa shape index (κ2) is 14.7. The van der Waals surface area contributed by atoms with E-state index in [0.29, 0.717) is 0 Å². The number of rotatable bonds is 4. The van der Waals surface area contributed by atoms with Crippen LogP contribution < -0.4 is 0 Å². The summed E-state index contributed by atoms with van der Waals surface area (Å²) in [5.41, 5.74) is 23.7. The van der Waals surface area contributed by atoms with Gasteiger partial charge in [-0.15, -0.1) is 11.3 Å². The van der Waals surface area contributed by atoms with Crippen molar-refractivity contribution in [2.75, 3.05) is 0 Å². The second-order valence-corrected chi connectivity index (χ2v) is 21.6. The van der Waals surface area contributed by atoms with Gasteiger partial charge in [0.25, 0.3) is 0 Å². The molecule has 0 radical (unpaired) electrons. The molecule has 0 N–H and O–H groups in total. The molecule has 0 amide bonds. The molecule has 1 aromatic heterocycles. The molecule has 1 aliphatic carbocycles. The van der Waals surface area contributed by atoms with Crippen LogP contribution in [0.25, 0.3) is 152 Å². The molecule has 0 fully saturated rings. The Bertz CT molecular complexity index is 4480. The number of thiophene rings is 1. The monoisotopic (exact) mass is 920 g/mol. The number of aryl methyl sites for hydroxylation is 6. The third kappa shape index (κ3) is 5.56. The molecule has 334 valence electrons. The Balaban J connectivity index is 1.05. The van der Waals surface area contributed by atoms with E-state index in [-0.39, 0.29) is 0 Å². The molecular formula is C70H48S. The van der Waals surface area contributed by atoms with E-state index < -0.39 is 0 Å². The van der Waals surface area contributed by atoms with Crippen LogP contribution in [0.2, 0.25) is 0 Å². The fourth-order valence-corrected chi connectivity index (χ4v) is 15.0. The van der Waals surface area contributed by atoms with Crippen LogP contribution in [0.15, 0.2) is 182 Å². The quantitative estimate of drug-likeness (QED) is 0.122. The van der Waals surface area contributed by atoms with Gasteiger partial charge in [-0.1, -0.05) is 175 Å². The van der Waals surface area contributed by atoms with Crippen LogP contribution in [0.3, 0.4) is 0 Å². The average molecular weight is 921 g/mol. The molecule has 0 saturated heterocycles. The third-order valence-corrected chi connectivity index (χ3v) is 17.5. The summed E-state index contributed by atoms with van der Waals surface area (Å²) in [6, 6.07) is 70.1. The number of hydrogen-bond donors (Lipinski definition) is 0. The Labute approximate surface area is 417 Å². The summed E-state index contributed by atoms with van der Waals surface area (Å²) >= 11 is 1.93. The first-order chi connectivity index (χ1) is 34.7. The van der Waals surface area contributed by atoms with Gasteiger partial charge in [-0.25, -0.2) is 0 Å². The fourth-order valence-electron chi connectivity index (χ4n) is 13.8. The lowest BCUT2D eigenvalue weighted by atomic mass is 9.79. The van der Waals surface area contributed by atoms with Crippen molar-refractivity contribution in [3.63, 3.8) is 0 Å². The minimum Gasteiger partial charge on any atom is -0.135 e. The zero-order valence-electron chi connectivity index (χ0n) is 40.7. The van der Waals surface area contributed by atoms with E-state index in [1.807, 2.05) is 11.3 Å². The Morgan fingerprint density at radius 2 is 0.732 bits per heavy atom. The highest BCUT2D eigenvalue weighted by molar-refractivity contribution is 7.26. The lowest BCUT2D eigenvalue weighted by molar-refractivity contribution is 1.32. The van der Waals surface area contributed by atoms with E-state index in [9.17, 15) is 0 Å². The number of hydrogen-bond acceptors (Lipinski definition) is 1. The smallest absolute Gasteiger partial charge is 0.0434 e. The third-order valence-electron chi connectivity index (χ3n) is 16.3. The molecule has 0 unspecified atom stereocenters. The summed E-state index contributed by atoms with van der Waals surface area (Å²) in [5.74, 6) is 0. The molecule has 0 bridgehead atoms. The summed E-state index contributed by atoms with van der Waals surface area (Å²) in [4.78, 5) is 0. The molecule has 0 aliphatic heterocycles. The van der Waals surface area contributed by atoms with Crippen LogP contribution >= 0.6 is 11.3 Å². The summed E-state index contributed by atoms with van der Waals surface area (Å²) in [6.45, 7) is 13.7. The van der Waals surface area contributed by atoms with Gasteiger partial charge in [0.1, 0.15) is 0 Å². The van der Waals surface area contributed by atoms with E-state index in [1.165, 1.54) is 185 Å². The van der Waals surface area contributed by atoms with Crippen LogP contribution in [-0.4, -0.2) is 0 Å². The molecule has 1 heteroatoms. The van der Waals surface area contributed by atoms with Gasteiger partial charge in [0.2, 0.25) is 0 Å². The Morgan fingerprint density at radius 1 is 0.268 bits per heavy atom. The maximum atomic E-state index is 2.52. The zero-order valence-corrected chi connectivity index (χ0v) is 41.5. The van der Waals surface area contributed by atoms with Gasteiger partial charge in [0.05, 0.1) is 0 Å². The Morgan fingerprint density at radius 3 is 1.37 bits per heavy atom. The molecule has 15 rings (SSSR count). The average Bonchev–Trinajstić information content (AvgIpc) is 3.92. The topological polar surface area (TPSA) is 0 Å². The van der Waals surface area contributed by atoms with Gasteiger partial charge in [0, 0.05) is 25.7 Å². The highest BCUT2D eigenvalue weighted by Gasteiger charge is 2.33. The highest BCUT2D eigenvalue weighted by Crippen LogP contribution is 2.60. The van der Waals surface area contributed by atoms with Crippen molar-refractivity contribution < 1.29 is 0 Å². The molecular weight excluding hydrogens is 873 g/mol. The number of benzene rings is 13. The molecule has 0 spiro atoms. The maximum absolute atomic E-state index is 2.52. The van der Waals surface area contributed by atoms with Gasteiger partial charge >= 0.3 is 0 Å². The van der Waals surface area contributed by atoms with Crippen molar-refractivity contribution in [1.82, 2.24) is 0 Å². The normalized spacial score (nSPS) is 12.4. The van der Waals surface area contributed by atoms with Crippen LogP contribution in [0.1, 0.15) is 33.4 Å². The lowest BCUT2D eigenvalue weighted by Crippen LogP contribution is -1.99. The van der Waals surface area contributed by atoms with Gasteiger partial charge in [-0.05, 0) is 208 Å². The molecule has 0 saturated carbocycles. The summed E-state index contributed by atoms with van der Waals surface area (Å²) < 4.78 is 2.65. The van der Waals surface area contributed by atoms with E-state index in [2.05, 4.69) is 224 Å². The Kier molecular flexibility index (Phi) is 8.45. The second-order valence-electron chi connectivity index (χ2n) is 20.6. The van der Waals surface area contributed by atoms with E-state index >= 15 is 0 Å². The first kappa shape index (κ1) is 40.8. The predicted octanol–water partition coefficient (Wildman–Crippen LogP) is 20.6. The lowest BCUT2D eigenvalue weighted by Gasteiger charge is -2.24. The van der Waals surface area contributed by atoms with Crippen LogP contribution in [0, 0.1) is 41.5 Å². The molecule has 71 heavy (non-hydrogen) atoms. The molecule has 1 heterocycles. The van der Waals surface area contributed by atoms with Crippen molar-refractivity contribution in [3.05, 3.63) is 215 Å². The first-order valence-electron chi connectivity index (χ1n) is 25.1. The van der Waals surface area contributed by atoms with Crippen LogP contribution in [-0.2, 0) is 0 Å². The minimum absolute atomic E-state index is 1.25. The highest BCUT2D eigenvalue weighted by atomic mass is 32.1. The predicted molar refractivity (Wildman–Crippen MR) is 310 cm³/mol. The van der Waals surface area contributed by atoms with Crippen molar-refractivity contribution in [1.29, 1.82) is 0 Å². The van der Waals surface area contributed by atoms with E-state index in [4.69, 9.17) is 0 Å². The SMILES string of the molecule is Cc1cc(C)c(-c2c3c(c(-c4c(C)cc(C)cc4C)c4ccccc24)-c2ccc(-c4cc(-c5ccc6c7cccc8cccc(c9cccc5c96)c87)cc5c4sc4ccccc45)c4cccc-3c24)c(C)c1. The van der Waals surface area contributed by atoms with Gasteiger partial charge in [-0.2, -0.15) is 0 Å². The van der Waals surface area contributed by atoms with Gasteiger partial charge in [0.15, 0.2) is 0 Å². The Hall–Kier alpha value is -8.10. The zero-order chi connectivity index (χ0) is 47.6. The first-order valence-corrected chi connectivity index (χ1v) is 25.9. The van der Waals surface area contributed by atoms with Gasteiger partial charge < -0.3 is 0 Å². The van der Waals surface area contributed by atoms with E-state index in [1.54, 1.807) is 0 Å². The molecule has 13 aromatic carbocycles. The standard InChI is InChI=1S/C70H48S/c1-37-31-39(3)61(40(4)32-37)66-53-18-7-8-19-54(53)67(62-41(5)33-38(2)34-42(62)6)69-57-30-28-46(49-23-14-25-56(65(49)57)68(66)69)58-35-44(36-59-47-17-9-10-26-60(47)71-70(58)59)45-27-29-55-51-21-12-16-43-15-11-20-50(63(43)51)52-24-13-22-48(45)64(52)55/h7-36H,1-6H3. The summed E-state index contributed by atoms with van der Waals surface area (Å²) in [7, 11) is 0. The summed E-state index contributed by atoms with van der Waals surface area (Å²) in [6.07, 6.45) is 0. The number of fused-ring (bicyclic) bond motifs is 9. The molecule has 1 aliphatic rings. The largest absolute Gasteiger partial charge is 0.135 e. The fraction of sp³-hybridized carbons (Fsp3) is 0.0857. The molecule has 0 nitrogen and oxygen atoms in total. The van der Waals surface area contributed by atoms with Crippen molar-refractivity contribution >= 4 is 96.1 Å².